The molecule has 1 aromatic heterocycles. The lowest BCUT2D eigenvalue weighted by molar-refractivity contribution is 0.869. The van der Waals surface area contributed by atoms with Crippen LogP contribution in [0.25, 0.3) is 0 Å². The molecule has 1 fully saturated rings. The Bertz CT molecular complexity index is 556. The van der Waals surface area contributed by atoms with Crippen molar-refractivity contribution in [2.75, 3.05) is 17.2 Å². The molecule has 5 nitrogen and oxygen atoms in total. The zero-order valence-corrected chi connectivity index (χ0v) is 11.1. The number of benzene rings is 1. The number of aromatic nitrogens is 3. The molecule has 0 radical (unpaired) electrons. The molecule has 0 spiro atoms. The van der Waals surface area contributed by atoms with E-state index in [0.717, 1.165) is 18.2 Å². The van der Waals surface area contributed by atoms with Crippen LogP contribution in [-0.2, 0) is 0 Å². The van der Waals surface area contributed by atoms with Gasteiger partial charge in [-0.1, -0.05) is 18.2 Å². The Balaban J connectivity index is 1.72. The van der Waals surface area contributed by atoms with Gasteiger partial charge >= 0.3 is 0 Å². The summed E-state index contributed by atoms with van der Waals surface area (Å²) in [6.07, 6.45) is 2.56. The average molecular weight is 276 g/mol. The van der Waals surface area contributed by atoms with Crippen molar-refractivity contribution in [3.05, 3.63) is 35.6 Å². The minimum absolute atomic E-state index is 0.187. The summed E-state index contributed by atoms with van der Waals surface area (Å²) in [5.41, 5.74) is 0.915. The molecule has 0 saturated heterocycles. The van der Waals surface area contributed by atoms with Gasteiger partial charge in [0, 0.05) is 12.2 Å². The summed E-state index contributed by atoms with van der Waals surface area (Å²) in [5, 5.41) is 6.48. The molecule has 1 heterocycles. The van der Waals surface area contributed by atoms with Gasteiger partial charge in [0.15, 0.2) is 0 Å². The maximum absolute atomic E-state index is 5.90. The van der Waals surface area contributed by atoms with E-state index in [9.17, 15) is 0 Å². The van der Waals surface area contributed by atoms with Crippen LogP contribution in [0.3, 0.4) is 0 Å². The summed E-state index contributed by atoms with van der Waals surface area (Å²) in [5.74, 6) is 1.72. The van der Waals surface area contributed by atoms with Crippen molar-refractivity contribution in [2.24, 2.45) is 5.92 Å². The van der Waals surface area contributed by atoms with Crippen LogP contribution < -0.4 is 10.6 Å². The Morgan fingerprint density at radius 2 is 1.79 bits per heavy atom. The molecule has 2 N–H and O–H groups in total. The molecule has 1 saturated carbocycles. The number of nitrogens with zero attached hydrogens (tertiary/aromatic N) is 3. The third kappa shape index (κ3) is 3.54. The molecule has 0 unspecified atom stereocenters. The maximum Gasteiger partial charge on any atom is 0.233 e. The van der Waals surface area contributed by atoms with Crippen LogP contribution in [0, 0.1) is 5.92 Å². The zero-order chi connectivity index (χ0) is 13.1. The van der Waals surface area contributed by atoms with E-state index < -0.39 is 0 Å². The normalized spacial score (nSPS) is 14.2. The summed E-state index contributed by atoms with van der Waals surface area (Å²) in [6, 6.07) is 9.72. The smallest absolute Gasteiger partial charge is 0.233 e. The van der Waals surface area contributed by atoms with Gasteiger partial charge in [0.05, 0.1) is 0 Å². The highest BCUT2D eigenvalue weighted by molar-refractivity contribution is 6.28. The average Bonchev–Trinajstić information content (AvgIpc) is 3.21. The summed E-state index contributed by atoms with van der Waals surface area (Å²) in [4.78, 5) is 12.4. The van der Waals surface area contributed by atoms with Crippen LogP contribution in [0.15, 0.2) is 30.3 Å². The maximum atomic E-state index is 5.90. The third-order valence-electron chi connectivity index (χ3n) is 2.88. The van der Waals surface area contributed by atoms with Crippen molar-refractivity contribution in [3.8, 4) is 0 Å². The molecule has 0 bridgehead atoms. The van der Waals surface area contributed by atoms with Crippen LogP contribution in [0.4, 0.5) is 17.6 Å². The van der Waals surface area contributed by atoms with Crippen LogP contribution in [-0.4, -0.2) is 21.5 Å². The molecule has 6 heteroatoms. The van der Waals surface area contributed by atoms with E-state index in [1.807, 2.05) is 30.3 Å². The van der Waals surface area contributed by atoms with E-state index in [1.165, 1.54) is 12.8 Å². The summed E-state index contributed by atoms with van der Waals surface area (Å²) >= 11 is 5.90. The van der Waals surface area contributed by atoms with E-state index in [4.69, 9.17) is 11.6 Å². The molecule has 2 aromatic rings. The molecular weight excluding hydrogens is 262 g/mol. The summed E-state index contributed by atoms with van der Waals surface area (Å²) in [7, 11) is 0. The fourth-order valence-electron chi connectivity index (χ4n) is 1.69. The van der Waals surface area contributed by atoms with E-state index in [-0.39, 0.29) is 5.28 Å². The van der Waals surface area contributed by atoms with Crippen LogP contribution in [0.2, 0.25) is 5.28 Å². The van der Waals surface area contributed by atoms with Gasteiger partial charge in [-0.15, -0.1) is 0 Å². The highest BCUT2D eigenvalue weighted by atomic mass is 35.5. The molecule has 1 aliphatic rings. The van der Waals surface area contributed by atoms with Crippen molar-refractivity contribution >= 4 is 29.2 Å². The fourth-order valence-corrected chi connectivity index (χ4v) is 1.85. The second-order valence-corrected chi connectivity index (χ2v) is 4.91. The minimum Gasteiger partial charge on any atom is -0.354 e. The van der Waals surface area contributed by atoms with Gasteiger partial charge in [0.2, 0.25) is 17.2 Å². The van der Waals surface area contributed by atoms with Crippen molar-refractivity contribution in [2.45, 2.75) is 12.8 Å². The van der Waals surface area contributed by atoms with Gasteiger partial charge < -0.3 is 10.6 Å². The predicted molar refractivity (Wildman–Crippen MR) is 75.8 cm³/mol. The van der Waals surface area contributed by atoms with E-state index in [2.05, 4.69) is 25.6 Å². The standard InChI is InChI=1S/C13H14ClN5/c14-11-17-12(15-8-9-6-7-9)19-13(18-11)16-10-4-2-1-3-5-10/h1-5,9H,6-8H2,(H2,15,16,17,18,19). The van der Waals surface area contributed by atoms with E-state index in [0.29, 0.717) is 11.9 Å². The van der Waals surface area contributed by atoms with Gasteiger partial charge in [-0.05, 0) is 42.5 Å². The molecule has 0 amide bonds. The minimum atomic E-state index is 0.187. The Hall–Kier alpha value is -1.88. The number of hydrogen-bond acceptors (Lipinski definition) is 5. The van der Waals surface area contributed by atoms with Gasteiger partial charge in [-0.2, -0.15) is 15.0 Å². The summed E-state index contributed by atoms with van der Waals surface area (Å²) < 4.78 is 0. The topological polar surface area (TPSA) is 62.7 Å². The van der Waals surface area contributed by atoms with Gasteiger partial charge in [-0.25, -0.2) is 0 Å². The SMILES string of the molecule is Clc1nc(NCC2CC2)nc(Nc2ccccc2)n1. The summed E-state index contributed by atoms with van der Waals surface area (Å²) in [6.45, 7) is 0.894. The molecule has 1 aliphatic carbocycles. The Labute approximate surface area is 116 Å². The zero-order valence-electron chi connectivity index (χ0n) is 10.3. The van der Waals surface area contributed by atoms with E-state index in [1.54, 1.807) is 0 Å². The highest BCUT2D eigenvalue weighted by Gasteiger charge is 2.21. The Morgan fingerprint density at radius 1 is 1.05 bits per heavy atom. The second kappa shape index (κ2) is 5.40. The number of anilines is 3. The first-order valence-corrected chi connectivity index (χ1v) is 6.65. The number of nitrogens with one attached hydrogen (secondary N) is 2. The fraction of sp³-hybridized carbons (Fsp3) is 0.308. The monoisotopic (exact) mass is 275 g/mol. The molecule has 19 heavy (non-hydrogen) atoms. The van der Waals surface area contributed by atoms with Gasteiger partial charge in [0.25, 0.3) is 0 Å². The van der Waals surface area contributed by atoms with Crippen molar-refractivity contribution in [3.63, 3.8) is 0 Å². The predicted octanol–water partition coefficient (Wildman–Crippen LogP) is 3.09. The van der Waals surface area contributed by atoms with Crippen molar-refractivity contribution in [1.29, 1.82) is 0 Å². The second-order valence-electron chi connectivity index (χ2n) is 4.57. The van der Waals surface area contributed by atoms with Crippen LogP contribution >= 0.6 is 11.6 Å². The first-order valence-electron chi connectivity index (χ1n) is 6.27. The lowest BCUT2D eigenvalue weighted by Crippen LogP contribution is -2.09. The number of rotatable bonds is 5. The first kappa shape index (κ1) is 12.2. The van der Waals surface area contributed by atoms with Gasteiger partial charge in [-0.3, -0.25) is 0 Å². The molecular formula is C13H14ClN5. The number of hydrogen-bond donors (Lipinski definition) is 2. The Morgan fingerprint density at radius 3 is 2.53 bits per heavy atom. The van der Waals surface area contributed by atoms with Crippen molar-refractivity contribution < 1.29 is 0 Å². The first-order chi connectivity index (χ1) is 9.29. The largest absolute Gasteiger partial charge is 0.354 e. The Kier molecular flexibility index (Phi) is 3.46. The van der Waals surface area contributed by atoms with Gasteiger partial charge in [0.1, 0.15) is 0 Å². The lowest BCUT2D eigenvalue weighted by atomic mass is 10.3. The molecule has 1 aromatic carbocycles. The van der Waals surface area contributed by atoms with E-state index >= 15 is 0 Å². The highest BCUT2D eigenvalue weighted by Crippen LogP contribution is 2.28. The molecule has 98 valence electrons. The lowest BCUT2D eigenvalue weighted by Gasteiger charge is -2.07. The third-order valence-corrected chi connectivity index (χ3v) is 3.05. The van der Waals surface area contributed by atoms with Crippen LogP contribution in [0.5, 0.6) is 0 Å². The number of para-hydroxylation sites is 1. The van der Waals surface area contributed by atoms with Crippen LogP contribution in [0.1, 0.15) is 12.8 Å². The quantitative estimate of drug-likeness (QED) is 0.878. The molecule has 0 atom stereocenters. The molecule has 0 aliphatic heterocycles. The molecule has 3 rings (SSSR count). The van der Waals surface area contributed by atoms with Crippen molar-refractivity contribution in [1.82, 2.24) is 15.0 Å². The number of halogens is 1.